The van der Waals surface area contributed by atoms with Crippen LogP contribution in [0.25, 0.3) is 0 Å². The molecule has 7 heavy (non-hydrogen) atoms. The number of hydrogen-bond acceptors (Lipinski definition) is 2. The predicted octanol–water partition coefficient (Wildman–Crippen LogP) is 0.412. The molecule has 2 N–H and O–H groups in total. The first-order chi connectivity index (χ1) is 3.15. The van der Waals surface area contributed by atoms with Crippen LogP contribution in [-0.4, -0.2) is 38.4 Å². The number of carbonyl (C=O) groups is 1. The molecule has 0 aromatic rings. The van der Waals surface area contributed by atoms with E-state index in [9.17, 15) is 0 Å². The summed E-state index contributed by atoms with van der Waals surface area (Å²) in [6.45, 7) is 0. The van der Waals surface area contributed by atoms with Crippen molar-refractivity contribution < 1.29 is 17.8 Å². The maximum atomic E-state index is 8.88. The Labute approximate surface area is 54.7 Å². The Bertz CT molecular complexity index is 58.7. The second-order valence-corrected chi connectivity index (χ2v) is 2.10. The van der Waals surface area contributed by atoms with Gasteiger partial charge in [-0.3, -0.25) is 0 Å². The summed E-state index contributed by atoms with van der Waals surface area (Å²) in [5.41, 5.74) is 0. The summed E-state index contributed by atoms with van der Waals surface area (Å²) in [4.78, 5) is 8.56. The van der Waals surface area contributed by atoms with Crippen molar-refractivity contribution in [1.29, 1.82) is 0 Å². The Kier molecular flexibility index (Phi) is 14.0. The first-order valence-corrected chi connectivity index (χ1v) is 6.70. The zero-order chi connectivity index (χ0) is 6.28. The quantitative estimate of drug-likeness (QED) is 0.634. The molecule has 4 nitrogen and oxygen atoms in total. The van der Waals surface area contributed by atoms with E-state index in [1.807, 2.05) is 0 Å². The summed E-state index contributed by atoms with van der Waals surface area (Å²) in [6.07, 6.45) is -1.83. The molecule has 0 rings (SSSR count). The molecule has 0 heterocycles. The van der Waals surface area contributed by atoms with Crippen molar-refractivity contribution in [3.05, 3.63) is 0 Å². The first kappa shape index (κ1) is 10.3. The summed E-state index contributed by atoms with van der Waals surface area (Å²) < 4.78 is 8.88. The van der Waals surface area contributed by atoms with Crippen molar-refractivity contribution >= 4 is 36.7 Å². The predicted molar refractivity (Wildman–Crippen MR) is 22.9 cm³/mol. The Hall–Kier alpha value is 0.243. The molecule has 0 spiro atoms. The van der Waals surface area contributed by atoms with Gasteiger partial charge in [-0.1, -0.05) is 0 Å². The molecule has 0 saturated carbocycles. The summed E-state index contributed by atoms with van der Waals surface area (Å²) in [5.74, 6) is 0. The van der Waals surface area contributed by atoms with Crippen LogP contribution in [-0.2, 0) is 2.81 Å². The van der Waals surface area contributed by atoms with E-state index in [2.05, 4.69) is 8.51 Å². The molecule has 42 valence electrons. The topological polar surface area (TPSA) is 74.6 Å². The van der Waals surface area contributed by atoms with E-state index in [1.165, 1.54) is 0 Å². The molecule has 0 fully saturated rings. The maximum absolute atomic E-state index is 8.88. The van der Waals surface area contributed by atoms with Crippen LogP contribution in [0.2, 0.25) is 0 Å². The van der Waals surface area contributed by atoms with Gasteiger partial charge in [0.15, 0.2) is 0 Å². The second-order valence-electron chi connectivity index (χ2n) is 0.352. The molecular formula is CH2BiClO4. The van der Waals surface area contributed by atoms with Crippen molar-refractivity contribution in [3.8, 4) is 0 Å². The summed E-state index contributed by atoms with van der Waals surface area (Å²) in [5, 5.41) is 13.9. The van der Waals surface area contributed by atoms with E-state index in [1.54, 1.807) is 0 Å². The third-order valence-corrected chi connectivity index (χ3v) is 0. The van der Waals surface area contributed by atoms with Crippen molar-refractivity contribution in [1.82, 2.24) is 0 Å². The number of hydrogen-bond donors (Lipinski definition) is 2. The van der Waals surface area contributed by atoms with Crippen molar-refractivity contribution in [2.24, 2.45) is 0 Å². The van der Waals surface area contributed by atoms with E-state index < -0.39 is 28.2 Å². The molecule has 0 aliphatic carbocycles. The fraction of sp³-hybridized carbons (Fsp3) is 0. The first-order valence-electron chi connectivity index (χ1n) is 1.00. The normalized spacial score (nSPS) is 5.29. The molecular weight excluding hydrogens is 320 g/mol. The average molecular weight is 322 g/mol. The Balaban J connectivity index is 0. The van der Waals surface area contributed by atoms with Gasteiger partial charge in [0, 0.05) is 0 Å². The average Bonchev–Trinajstić information content (AvgIpc) is 1.33. The number of rotatable bonds is 0. The second kappa shape index (κ2) is 9.53. The van der Waals surface area contributed by atoms with Crippen LogP contribution in [0.1, 0.15) is 0 Å². The van der Waals surface area contributed by atoms with Gasteiger partial charge in [-0.05, 0) is 0 Å². The molecule has 0 saturated heterocycles. The minimum absolute atomic E-state index is 1.61. The molecule has 0 unspecified atom stereocenters. The van der Waals surface area contributed by atoms with Gasteiger partial charge < -0.3 is 10.2 Å². The van der Waals surface area contributed by atoms with Gasteiger partial charge in [-0.25, -0.2) is 4.79 Å². The minimum atomic E-state index is -1.83. The molecule has 0 aliphatic rings. The fourth-order valence-corrected chi connectivity index (χ4v) is 0. The summed E-state index contributed by atoms with van der Waals surface area (Å²) in [7, 11) is 4.62. The van der Waals surface area contributed by atoms with Gasteiger partial charge in [-0.2, -0.15) is 0 Å². The molecule has 0 atom stereocenters. The van der Waals surface area contributed by atoms with Gasteiger partial charge in [-0.15, -0.1) is 0 Å². The SMILES string of the molecule is O=C(O)O.[O]=[Bi][Cl]. The van der Waals surface area contributed by atoms with Crippen LogP contribution >= 0.6 is 8.51 Å². The molecule has 0 radical (unpaired) electrons. The standard InChI is InChI=1S/CH2O3.Bi.ClH.O/c2-1(3)4;;;/h(H2,2,3,4);;1H;/q;+1;;/p-1. The third kappa shape index (κ3) is 1900. The van der Waals surface area contributed by atoms with Crippen LogP contribution < -0.4 is 0 Å². The van der Waals surface area contributed by atoms with Crippen LogP contribution in [0.5, 0.6) is 0 Å². The van der Waals surface area contributed by atoms with E-state index >= 15 is 0 Å². The van der Waals surface area contributed by atoms with E-state index in [0.29, 0.717) is 0 Å². The van der Waals surface area contributed by atoms with E-state index in [-0.39, 0.29) is 0 Å². The summed E-state index contributed by atoms with van der Waals surface area (Å²) in [6, 6.07) is 0. The van der Waals surface area contributed by atoms with Gasteiger partial charge >= 0.3 is 39.5 Å². The summed E-state index contributed by atoms with van der Waals surface area (Å²) >= 11 is -1.61. The van der Waals surface area contributed by atoms with Crippen LogP contribution in [0.15, 0.2) is 0 Å². The number of carboxylic acid groups (broad SMARTS) is 2. The molecule has 0 aliphatic heterocycles. The van der Waals surface area contributed by atoms with Crippen molar-refractivity contribution in [3.63, 3.8) is 0 Å². The fourth-order valence-electron chi connectivity index (χ4n) is 0. The Morgan fingerprint density at radius 2 is 1.57 bits per heavy atom. The van der Waals surface area contributed by atoms with Gasteiger partial charge in [0.1, 0.15) is 0 Å². The van der Waals surface area contributed by atoms with Gasteiger partial charge in [0.05, 0.1) is 0 Å². The van der Waals surface area contributed by atoms with Crippen LogP contribution in [0, 0.1) is 0 Å². The van der Waals surface area contributed by atoms with E-state index in [4.69, 9.17) is 17.8 Å². The zero-order valence-corrected chi connectivity index (χ0v) is 7.27. The molecule has 0 aromatic heterocycles. The van der Waals surface area contributed by atoms with Gasteiger partial charge in [0.25, 0.3) is 0 Å². The Morgan fingerprint density at radius 1 is 1.57 bits per heavy atom. The third-order valence-electron chi connectivity index (χ3n) is 0. The molecule has 0 bridgehead atoms. The van der Waals surface area contributed by atoms with Crippen LogP contribution in [0.3, 0.4) is 0 Å². The van der Waals surface area contributed by atoms with E-state index in [0.717, 1.165) is 0 Å². The molecule has 0 aromatic carbocycles. The van der Waals surface area contributed by atoms with Crippen molar-refractivity contribution in [2.45, 2.75) is 0 Å². The van der Waals surface area contributed by atoms with Crippen LogP contribution in [0.4, 0.5) is 4.79 Å². The monoisotopic (exact) mass is 322 g/mol. The van der Waals surface area contributed by atoms with Gasteiger partial charge in [0.2, 0.25) is 0 Å². The zero-order valence-electron chi connectivity index (χ0n) is 3.04. The van der Waals surface area contributed by atoms with Crippen molar-refractivity contribution in [2.75, 3.05) is 0 Å². The number of halogens is 1. The Morgan fingerprint density at radius 3 is 1.57 bits per heavy atom. The molecule has 6 heteroatoms. The molecule has 0 amide bonds.